The van der Waals surface area contributed by atoms with Crippen molar-refractivity contribution in [2.45, 2.75) is 19.6 Å². The molecule has 0 saturated heterocycles. The summed E-state index contributed by atoms with van der Waals surface area (Å²) in [4.78, 5) is 12.0. The molecule has 0 unspecified atom stereocenters. The summed E-state index contributed by atoms with van der Waals surface area (Å²) in [6.07, 6.45) is -4.50. The zero-order chi connectivity index (χ0) is 15.6. The molecule has 1 aromatic heterocycles. The largest absolute Gasteiger partial charge is 0.417 e. The van der Waals surface area contributed by atoms with E-state index in [2.05, 4.69) is 21.2 Å². The number of hydrogen-bond donors (Lipinski definition) is 1. The molecule has 0 fully saturated rings. The third kappa shape index (κ3) is 3.85. The maximum Gasteiger partial charge on any atom is 0.417 e. The van der Waals surface area contributed by atoms with Crippen LogP contribution in [0.15, 0.2) is 33.4 Å². The number of alkyl halides is 3. The fourth-order valence-corrected chi connectivity index (χ4v) is 3.06. The molecule has 2 aromatic rings. The molecule has 1 heterocycles. The van der Waals surface area contributed by atoms with E-state index in [0.29, 0.717) is 6.54 Å². The molecule has 1 amide bonds. The van der Waals surface area contributed by atoms with Gasteiger partial charge in [0.2, 0.25) is 0 Å². The van der Waals surface area contributed by atoms with Crippen LogP contribution >= 0.6 is 27.3 Å². The van der Waals surface area contributed by atoms with E-state index in [1.165, 1.54) is 23.5 Å². The Morgan fingerprint density at radius 2 is 2.05 bits per heavy atom. The standard InChI is InChI=1S/C14H11BrF3NOS/c1-8-6-21-7-10(8)5-19-13(20)9-2-3-12(15)11(4-9)14(16,17)18/h2-4,6-7H,5H2,1H3,(H,19,20). The van der Waals surface area contributed by atoms with Gasteiger partial charge in [-0.25, -0.2) is 0 Å². The molecule has 1 N–H and O–H groups in total. The average Bonchev–Trinajstić information content (AvgIpc) is 2.80. The van der Waals surface area contributed by atoms with Crippen LogP contribution in [-0.2, 0) is 12.7 Å². The molecule has 0 spiro atoms. The number of aryl methyl sites for hydroxylation is 1. The van der Waals surface area contributed by atoms with E-state index < -0.39 is 17.6 Å². The van der Waals surface area contributed by atoms with Crippen molar-refractivity contribution in [1.29, 1.82) is 0 Å². The van der Waals surface area contributed by atoms with Crippen molar-refractivity contribution >= 4 is 33.2 Å². The first-order valence-electron chi connectivity index (χ1n) is 5.95. The summed E-state index contributed by atoms with van der Waals surface area (Å²) in [5.41, 5.74) is 1.13. The van der Waals surface area contributed by atoms with Crippen LogP contribution in [-0.4, -0.2) is 5.91 Å². The van der Waals surface area contributed by atoms with E-state index in [9.17, 15) is 18.0 Å². The van der Waals surface area contributed by atoms with Gasteiger partial charge in [0.05, 0.1) is 5.56 Å². The van der Waals surface area contributed by atoms with Gasteiger partial charge < -0.3 is 5.32 Å². The molecule has 21 heavy (non-hydrogen) atoms. The van der Waals surface area contributed by atoms with Crippen LogP contribution in [0.25, 0.3) is 0 Å². The lowest BCUT2D eigenvalue weighted by atomic mass is 10.1. The highest BCUT2D eigenvalue weighted by molar-refractivity contribution is 9.10. The van der Waals surface area contributed by atoms with Crippen LogP contribution in [0, 0.1) is 6.92 Å². The number of nitrogens with one attached hydrogen (secondary N) is 1. The van der Waals surface area contributed by atoms with Crippen molar-refractivity contribution in [2.24, 2.45) is 0 Å². The summed E-state index contributed by atoms with van der Waals surface area (Å²) >= 11 is 4.36. The number of halogens is 4. The Morgan fingerprint density at radius 3 is 2.62 bits per heavy atom. The fraction of sp³-hybridized carbons (Fsp3) is 0.214. The van der Waals surface area contributed by atoms with Crippen LogP contribution in [0.2, 0.25) is 0 Å². The lowest BCUT2D eigenvalue weighted by molar-refractivity contribution is -0.138. The van der Waals surface area contributed by atoms with Gasteiger partial charge in [-0.3, -0.25) is 4.79 Å². The first-order chi connectivity index (χ1) is 9.79. The normalized spacial score (nSPS) is 11.5. The van der Waals surface area contributed by atoms with Crippen molar-refractivity contribution in [3.63, 3.8) is 0 Å². The number of carbonyl (C=O) groups is 1. The molecule has 0 saturated carbocycles. The van der Waals surface area contributed by atoms with Crippen LogP contribution in [0.3, 0.4) is 0 Å². The lowest BCUT2D eigenvalue weighted by Gasteiger charge is -2.11. The predicted molar refractivity (Wildman–Crippen MR) is 79.4 cm³/mol. The van der Waals surface area contributed by atoms with Crippen LogP contribution in [0.1, 0.15) is 27.0 Å². The molecule has 0 aliphatic heterocycles. The Labute approximate surface area is 132 Å². The number of rotatable bonds is 3. The summed E-state index contributed by atoms with van der Waals surface area (Å²) in [6.45, 7) is 2.21. The van der Waals surface area contributed by atoms with Gasteiger partial charge in [0, 0.05) is 16.6 Å². The quantitative estimate of drug-likeness (QED) is 0.819. The van der Waals surface area contributed by atoms with Gasteiger partial charge >= 0.3 is 6.18 Å². The fourth-order valence-electron chi connectivity index (χ4n) is 1.73. The minimum absolute atomic E-state index is 0.0154. The monoisotopic (exact) mass is 377 g/mol. The van der Waals surface area contributed by atoms with Crippen LogP contribution in [0.5, 0.6) is 0 Å². The average molecular weight is 378 g/mol. The first-order valence-corrected chi connectivity index (χ1v) is 7.69. The smallest absolute Gasteiger partial charge is 0.348 e. The highest BCUT2D eigenvalue weighted by Gasteiger charge is 2.33. The third-order valence-electron chi connectivity index (χ3n) is 2.93. The maximum atomic E-state index is 12.8. The van der Waals surface area contributed by atoms with Crippen molar-refractivity contribution < 1.29 is 18.0 Å². The van der Waals surface area contributed by atoms with Gasteiger partial charge in [-0.05, 0) is 47.0 Å². The molecule has 1 aromatic carbocycles. The summed E-state index contributed by atoms with van der Waals surface area (Å²) < 4.78 is 38.3. The molecule has 0 atom stereocenters. The Kier molecular flexibility index (Phi) is 4.73. The Hall–Kier alpha value is -1.34. The molecule has 0 bridgehead atoms. The number of thiophene rings is 1. The highest BCUT2D eigenvalue weighted by atomic mass is 79.9. The summed E-state index contributed by atoms with van der Waals surface area (Å²) in [5, 5.41) is 6.47. The van der Waals surface area contributed by atoms with E-state index in [0.717, 1.165) is 17.2 Å². The number of benzene rings is 1. The van der Waals surface area contributed by atoms with E-state index in [-0.39, 0.29) is 10.0 Å². The van der Waals surface area contributed by atoms with Crippen molar-refractivity contribution in [3.05, 3.63) is 55.7 Å². The molecule has 112 valence electrons. The second kappa shape index (κ2) is 6.19. The zero-order valence-corrected chi connectivity index (χ0v) is 13.3. The molecule has 0 radical (unpaired) electrons. The Morgan fingerprint density at radius 1 is 1.33 bits per heavy atom. The van der Waals surface area contributed by atoms with Crippen molar-refractivity contribution in [1.82, 2.24) is 5.32 Å². The van der Waals surface area contributed by atoms with Gasteiger partial charge in [0.1, 0.15) is 0 Å². The van der Waals surface area contributed by atoms with Gasteiger partial charge in [-0.2, -0.15) is 24.5 Å². The number of amides is 1. The van der Waals surface area contributed by atoms with E-state index in [4.69, 9.17) is 0 Å². The molecule has 2 rings (SSSR count). The summed E-state index contributed by atoms with van der Waals surface area (Å²) in [5.74, 6) is -0.529. The molecular formula is C14H11BrF3NOS. The summed E-state index contributed by atoms with van der Waals surface area (Å²) in [7, 11) is 0. The van der Waals surface area contributed by atoms with E-state index in [1.807, 2.05) is 17.7 Å². The first kappa shape index (κ1) is 16.0. The van der Waals surface area contributed by atoms with E-state index in [1.54, 1.807) is 0 Å². The second-order valence-electron chi connectivity index (χ2n) is 4.46. The second-order valence-corrected chi connectivity index (χ2v) is 6.05. The molecule has 7 heteroatoms. The minimum atomic E-state index is -4.50. The molecular weight excluding hydrogens is 367 g/mol. The summed E-state index contributed by atoms with van der Waals surface area (Å²) in [6, 6.07) is 3.43. The van der Waals surface area contributed by atoms with Crippen molar-refractivity contribution in [2.75, 3.05) is 0 Å². The molecule has 0 aliphatic carbocycles. The van der Waals surface area contributed by atoms with Gasteiger partial charge in [0.25, 0.3) is 5.91 Å². The topological polar surface area (TPSA) is 29.1 Å². The van der Waals surface area contributed by atoms with Gasteiger partial charge in [0.15, 0.2) is 0 Å². The van der Waals surface area contributed by atoms with E-state index >= 15 is 0 Å². The lowest BCUT2D eigenvalue weighted by Crippen LogP contribution is -2.23. The molecule has 0 aliphatic rings. The van der Waals surface area contributed by atoms with Gasteiger partial charge in [-0.15, -0.1) is 0 Å². The third-order valence-corrected chi connectivity index (χ3v) is 4.54. The Bertz CT molecular complexity index is 666. The zero-order valence-electron chi connectivity index (χ0n) is 10.9. The Balaban J connectivity index is 2.15. The van der Waals surface area contributed by atoms with Gasteiger partial charge in [-0.1, -0.05) is 15.9 Å². The number of hydrogen-bond acceptors (Lipinski definition) is 2. The van der Waals surface area contributed by atoms with Crippen LogP contribution in [0.4, 0.5) is 13.2 Å². The maximum absolute atomic E-state index is 12.8. The SMILES string of the molecule is Cc1cscc1CNC(=O)c1ccc(Br)c(C(F)(F)F)c1. The number of carbonyl (C=O) groups excluding carboxylic acids is 1. The van der Waals surface area contributed by atoms with Crippen LogP contribution < -0.4 is 5.32 Å². The highest BCUT2D eigenvalue weighted by Crippen LogP contribution is 2.35. The minimum Gasteiger partial charge on any atom is -0.348 e. The van der Waals surface area contributed by atoms with Crippen molar-refractivity contribution in [3.8, 4) is 0 Å². The molecule has 2 nitrogen and oxygen atoms in total. The predicted octanol–water partition coefficient (Wildman–Crippen LogP) is 4.77.